The Balaban J connectivity index is 2.86. The molecule has 9 heteroatoms. The molecule has 1 aromatic carbocycles. The van der Waals surface area contributed by atoms with E-state index in [1.165, 1.54) is 0 Å². The number of piperidine rings is 1. The van der Waals surface area contributed by atoms with E-state index in [-0.39, 0.29) is 13.2 Å². The molecule has 5 nitrogen and oxygen atoms in total. The van der Waals surface area contributed by atoms with Crippen molar-refractivity contribution in [1.29, 1.82) is 0 Å². The van der Waals surface area contributed by atoms with E-state index in [0.717, 1.165) is 5.56 Å². The van der Waals surface area contributed by atoms with Crippen molar-refractivity contribution in [3.63, 3.8) is 0 Å². The average Bonchev–Trinajstić information content (AvgIpc) is 2.60. The molecule has 1 N–H and O–H groups in total. The summed E-state index contributed by atoms with van der Waals surface area (Å²) in [4.78, 5) is 26.5. The molecule has 0 bridgehead atoms. The lowest BCUT2D eigenvalue weighted by molar-refractivity contribution is -0.154. The van der Waals surface area contributed by atoms with Crippen molar-refractivity contribution in [2.24, 2.45) is 0 Å². The Labute approximate surface area is 199 Å². The van der Waals surface area contributed by atoms with Gasteiger partial charge in [0.1, 0.15) is 0 Å². The van der Waals surface area contributed by atoms with Crippen LogP contribution in [0.1, 0.15) is 39.2 Å². The van der Waals surface area contributed by atoms with Crippen molar-refractivity contribution in [2.45, 2.75) is 51.2 Å². The summed E-state index contributed by atoms with van der Waals surface area (Å²) in [6.07, 6.45) is 0. The van der Waals surface area contributed by atoms with Gasteiger partial charge in [0.05, 0.1) is 22.1 Å². The molecule has 1 heterocycles. The van der Waals surface area contributed by atoms with Gasteiger partial charge in [-0.15, -0.1) is 0 Å². The predicted octanol–water partition coefficient (Wildman–Crippen LogP) is 4.99. The van der Waals surface area contributed by atoms with Crippen molar-refractivity contribution in [1.82, 2.24) is 5.32 Å². The average molecular weight is 649 g/mol. The molecule has 28 heavy (non-hydrogen) atoms. The molecule has 1 fully saturated rings. The lowest BCUT2D eigenvalue weighted by Crippen LogP contribution is -2.79. The topological polar surface area (TPSA) is 64.6 Å². The third kappa shape index (κ3) is 3.74. The van der Waals surface area contributed by atoms with Crippen LogP contribution in [0.2, 0.25) is 0 Å². The number of hydrogen-bond acceptors (Lipinski definition) is 5. The van der Waals surface area contributed by atoms with Crippen molar-refractivity contribution < 1.29 is 19.1 Å². The summed E-state index contributed by atoms with van der Waals surface area (Å²) >= 11 is 14.7. The summed E-state index contributed by atoms with van der Waals surface area (Å²) < 4.78 is 6.21. The number of ether oxygens (including phenoxy) is 2. The normalized spacial score (nSPS) is 37.9. The Hall–Kier alpha value is 0.0400. The van der Waals surface area contributed by atoms with Crippen LogP contribution in [0, 0.1) is 0 Å². The lowest BCUT2D eigenvalue weighted by Gasteiger charge is -2.60. The lowest BCUT2D eigenvalue weighted by atomic mass is 9.67. The molecule has 0 aromatic heterocycles. The second-order valence-corrected chi connectivity index (χ2v) is 12.5. The van der Waals surface area contributed by atoms with Gasteiger partial charge in [-0.05, 0) is 33.3 Å². The number of carbonyl (C=O) groups excluding carboxylic acids is 2. The molecular formula is C19H23Br4NO4. The maximum absolute atomic E-state index is 13.3. The van der Waals surface area contributed by atoms with E-state index in [1.807, 2.05) is 44.2 Å². The predicted molar refractivity (Wildman–Crippen MR) is 124 cm³/mol. The second-order valence-electron chi connectivity index (χ2n) is 6.84. The van der Waals surface area contributed by atoms with Crippen molar-refractivity contribution in [2.75, 3.05) is 13.2 Å². The molecule has 1 aromatic rings. The van der Waals surface area contributed by atoms with E-state index in [0.29, 0.717) is 0 Å². The molecule has 2 rings (SSSR count). The number of rotatable bonds is 5. The SMILES string of the molecule is CCOC(=O)[C@@]1(Br)C(c2ccccc2)[C@@](Br)(C(=O)OCC)[C@](C)(Br)N[C@@]1(C)Br. The van der Waals surface area contributed by atoms with Gasteiger partial charge in [0.15, 0.2) is 8.65 Å². The number of benzene rings is 1. The monoisotopic (exact) mass is 645 g/mol. The molecular weight excluding hydrogens is 626 g/mol. The van der Waals surface area contributed by atoms with Gasteiger partial charge in [0.2, 0.25) is 0 Å². The zero-order chi connectivity index (χ0) is 21.4. The number of esters is 2. The fourth-order valence-corrected chi connectivity index (χ4v) is 7.43. The highest BCUT2D eigenvalue weighted by Crippen LogP contribution is 2.63. The van der Waals surface area contributed by atoms with Crippen molar-refractivity contribution in [3.8, 4) is 0 Å². The van der Waals surface area contributed by atoms with Gasteiger partial charge in [-0.1, -0.05) is 94.1 Å². The highest BCUT2D eigenvalue weighted by Gasteiger charge is 2.75. The minimum atomic E-state index is -1.35. The minimum absolute atomic E-state index is 0.205. The summed E-state index contributed by atoms with van der Waals surface area (Å²) in [5.41, 5.74) is 0.773. The molecule has 0 amide bonds. The van der Waals surface area contributed by atoms with Crippen LogP contribution in [-0.2, 0) is 19.1 Å². The Morgan fingerprint density at radius 1 is 0.893 bits per heavy atom. The van der Waals surface area contributed by atoms with Crippen LogP contribution in [-0.4, -0.2) is 42.7 Å². The minimum Gasteiger partial charge on any atom is -0.465 e. The van der Waals surface area contributed by atoms with E-state index in [2.05, 4.69) is 69.0 Å². The molecule has 1 unspecified atom stereocenters. The van der Waals surface area contributed by atoms with E-state index in [4.69, 9.17) is 9.47 Å². The zero-order valence-electron chi connectivity index (χ0n) is 16.0. The molecule has 0 radical (unpaired) electrons. The smallest absolute Gasteiger partial charge is 0.326 e. The molecule has 1 saturated heterocycles. The summed E-state index contributed by atoms with van der Waals surface area (Å²) in [6, 6.07) is 9.38. The first kappa shape index (κ1) is 24.3. The quantitative estimate of drug-likeness (QED) is 0.277. The largest absolute Gasteiger partial charge is 0.465 e. The van der Waals surface area contributed by atoms with Gasteiger partial charge in [-0.2, -0.15) is 0 Å². The van der Waals surface area contributed by atoms with Crippen molar-refractivity contribution in [3.05, 3.63) is 35.9 Å². The van der Waals surface area contributed by atoms with Crippen LogP contribution >= 0.6 is 63.7 Å². The highest BCUT2D eigenvalue weighted by molar-refractivity contribution is 9.14. The number of halogens is 4. The van der Waals surface area contributed by atoms with Gasteiger partial charge in [-0.3, -0.25) is 14.9 Å². The van der Waals surface area contributed by atoms with E-state index >= 15 is 0 Å². The van der Waals surface area contributed by atoms with Crippen molar-refractivity contribution >= 4 is 75.7 Å². The Morgan fingerprint density at radius 3 is 1.64 bits per heavy atom. The van der Waals surface area contributed by atoms with Crippen LogP contribution in [0.3, 0.4) is 0 Å². The first-order valence-electron chi connectivity index (χ1n) is 8.84. The standard InChI is InChI=1S/C19H23Br4NO4/c1-5-27-14(25)18(22)13(12-10-8-7-9-11-12)19(23,15(26)28-6-2)17(4,21)24-16(18,3)20/h7-11,13,24H,5-6H2,1-4H3/t13?,16-,17-,18-,19+/m1/s1. The molecule has 1 aliphatic heterocycles. The zero-order valence-corrected chi connectivity index (χ0v) is 22.4. The fourth-order valence-electron chi connectivity index (χ4n) is 3.64. The number of alkyl halides is 4. The highest BCUT2D eigenvalue weighted by atomic mass is 79.9. The van der Waals surface area contributed by atoms with E-state index in [9.17, 15) is 9.59 Å². The van der Waals surface area contributed by atoms with Gasteiger partial charge in [0, 0.05) is 5.92 Å². The first-order valence-corrected chi connectivity index (χ1v) is 12.0. The summed E-state index contributed by atoms with van der Waals surface area (Å²) in [7, 11) is 0. The summed E-state index contributed by atoms with van der Waals surface area (Å²) in [5, 5.41) is 3.33. The maximum atomic E-state index is 13.3. The Bertz CT molecular complexity index is 701. The number of hydrogen-bond donors (Lipinski definition) is 1. The van der Waals surface area contributed by atoms with Crippen LogP contribution in [0.4, 0.5) is 0 Å². The fraction of sp³-hybridized carbons (Fsp3) is 0.579. The molecule has 5 atom stereocenters. The number of nitrogens with one attached hydrogen (secondary N) is 1. The van der Waals surface area contributed by atoms with Gasteiger partial charge >= 0.3 is 11.9 Å². The maximum Gasteiger partial charge on any atom is 0.326 e. The van der Waals surface area contributed by atoms with Crippen LogP contribution in [0.15, 0.2) is 30.3 Å². The first-order chi connectivity index (χ1) is 12.9. The molecule has 156 valence electrons. The Morgan fingerprint density at radius 2 is 1.29 bits per heavy atom. The van der Waals surface area contributed by atoms with E-state index in [1.54, 1.807) is 13.8 Å². The second kappa shape index (κ2) is 8.65. The molecule has 0 saturated carbocycles. The summed E-state index contributed by atoms with van der Waals surface area (Å²) in [5.74, 6) is -1.69. The van der Waals surface area contributed by atoms with E-state index < -0.39 is 35.4 Å². The Kier molecular flexibility index (Phi) is 7.51. The molecule has 0 aliphatic carbocycles. The number of carbonyl (C=O) groups is 2. The van der Waals surface area contributed by atoms with Gasteiger partial charge in [0.25, 0.3) is 0 Å². The molecule has 1 aliphatic rings. The van der Waals surface area contributed by atoms with Crippen LogP contribution < -0.4 is 5.32 Å². The van der Waals surface area contributed by atoms with Crippen LogP contribution in [0.5, 0.6) is 0 Å². The van der Waals surface area contributed by atoms with Gasteiger partial charge in [-0.25, -0.2) is 0 Å². The summed E-state index contributed by atoms with van der Waals surface area (Å²) in [6.45, 7) is 7.55. The third-order valence-corrected chi connectivity index (χ3v) is 10.8. The van der Waals surface area contributed by atoms with Crippen LogP contribution in [0.25, 0.3) is 0 Å². The molecule has 0 spiro atoms. The third-order valence-electron chi connectivity index (χ3n) is 4.91. The van der Waals surface area contributed by atoms with Gasteiger partial charge < -0.3 is 9.47 Å².